The van der Waals surface area contributed by atoms with Gasteiger partial charge in [-0.1, -0.05) is 60.4 Å². The van der Waals surface area contributed by atoms with E-state index in [0.717, 1.165) is 27.6 Å². The number of carbonyl (C=O) groups excluding carboxylic acids is 1. The van der Waals surface area contributed by atoms with Gasteiger partial charge < -0.3 is 10.6 Å². The fraction of sp³-hybridized carbons (Fsp3) is 0.238. The molecule has 0 saturated heterocycles. The number of thioether (sulfide) groups is 1. The van der Waals surface area contributed by atoms with Crippen molar-refractivity contribution in [1.29, 1.82) is 5.26 Å². The second-order valence-electron chi connectivity index (χ2n) is 6.33. The zero-order chi connectivity index (χ0) is 20.6. The number of rotatable bonds is 8. The predicted octanol–water partition coefficient (Wildman–Crippen LogP) is 4.95. The minimum absolute atomic E-state index is 0.111. The van der Waals surface area contributed by atoms with E-state index in [2.05, 4.69) is 58.9 Å². The molecule has 0 radical (unpaired) electrons. The number of benzene rings is 2. The van der Waals surface area contributed by atoms with Crippen LogP contribution >= 0.6 is 23.1 Å². The van der Waals surface area contributed by atoms with Gasteiger partial charge in [-0.3, -0.25) is 4.79 Å². The molecule has 148 valence electrons. The summed E-state index contributed by atoms with van der Waals surface area (Å²) in [6.07, 6.45) is 1.29. The molecule has 0 bridgehead atoms. The predicted molar refractivity (Wildman–Crippen MR) is 119 cm³/mol. The van der Waals surface area contributed by atoms with Crippen molar-refractivity contribution in [2.24, 2.45) is 0 Å². The molecule has 0 aliphatic heterocycles. The monoisotopic (exact) mass is 423 g/mol. The minimum atomic E-state index is -0.111. The number of hydrogen-bond donors (Lipinski definition) is 2. The second kappa shape index (κ2) is 10.0. The third kappa shape index (κ3) is 5.79. The first kappa shape index (κ1) is 20.8. The van der Waals surface area contributed by atoms with Crippen LogP contribution in [0, 0.1) is 18.3 Å². The maximum absolute atomic E-state index is 12.2. The third-order valence-corrected chi connectivity index (χ3v) is 6.20. The van der Waals surface area contributed by atoms with Crippen LogP contribution in [0.25, 0.3) is 0 Å². The smallest absolute Gasteiger partial charge is 0.234 e. The second-order valence-corrected chi connectivity index (χ2v) is 8.53. The summed E-state index contributed by atoms with van der Waals surface area (Å²) >= 11 is 2.78. The Morgan fingerprint density at radius 3 is 2.72 bits per heavy atom. The van der Waals surface area contributed by atoms with Crippen LogP contribution in [0.2, 0.25) is 0 Å². The topological polar surface area (TPSA) is 90.7 Å². The lowest BCUT2D eigenvalue weighted by molar-refractivity contribution is -0.113. The van der Waals surface area contributed by atoms with E-state index in [1.54, 1.807) is 12.1 Å². The van der Waals surface area contributed by atoms with E-state index in [4.69, 9.17) is 5.26 Å². The lowest BCUT2D eigenvalue weighted by atomic mass is 10.1. The summed E-state index contributed by atoms with van der Waals surface area (Å²) in [5.74, 6) is 0.138. The Bertz CT molecular complexity index is 1020. The van der Waals surface area contributed by atoms with Crippen molar-refractivity contribution < 1.29 is 4.79 Å². The molecule has 0 atom stereocenters. The Morgan fingerprint density at radius 2 is 2.00 bits per heavy atom. The fourth-order valence-electron chi connectivity index (χ4n) is 2.75. The molecule has 0 unspecified atom stereocenters. The number of aryl methyl sites for hydroxylation is 2. The number of amides is 1. The number of nitriles is 1. The Balaban J connectivity index is 1.54. The van der Waals surface area contributed by atoms with Crippen LogP contribution in [0.15, 0.2) is 46.8 Å². The highest BCUT2D eigenvalue weighted by atomic mass is 32.2. The van der Waals surface area contributed by atoms with Gasteiger partial charge in [-0.15, -0.1) is 10.2 Å². The summed E-state index contributed by atoms with van der Waals surface area (Å²) in [6.45, 7) is 4.19. The molecule has 0 aliphatic rings. The summed E-state index contributed by atoms with van der Waals surface area (Å²) in [7, 11) is 0. The molecule has 3 rings (SSSR count). The van der Waals surface area contributed by atoms with Gasteiger partial charge >= 0.3 is 0 Å². The SMILES string of the molecule is CCc1cccc(C)c1Nc1nnc(SCC(=O)Nc2ccc(CC#N)cc2)s1. The molecule has 29 heavy (non-hydrogen) atoms. The van der Waals surface area contributed by atoms with Gasteiger partial charge in [0.2, 0.25) is 11.0 Å². The molecule has 3 aromatic rings. The van der Waals surface area contributed by atoms with Crippen LogP contribution < -0.4 is 10.6 Å². The van der Waals surface area contributed by atoms with Gasteiger partial charge in [0.25, 0.3) is 0 Å². The molecule has 0 saturated carbocycles. The zero-order valence-corrected chi connectivity index (χ0v) is 17.9. The van der Waals surface area contributed by atoms with E-state index in [-0.39, 0.29) is 11.7 Å². The van der Waals surface area contributed by atoms with Gasteiger partial charge in [-0.25, -0.2) is 0 Å². The normalized spacial score (nSPS) is 10.4. The Morgan fingerprint density at radius 1 is 1.21 bits per heavy atom. The molecular formula is C21H21N5OS2. The first-order valence-electron chi connectivity index (χ1n) is 9.16. The molecule has 6 nitrogen and oxygen atoms in total. The lowest BCUT2D eigenvalue weighted by Crippen LogP contribution is -2.13. The molecule has 0 spiro atoms. The number of nitrogens with one attached hydrogen (secondary N) is 2. The summed E-state index contributed by atoms with van der Waals surface area (Å²) in [4.78, 5) is 12.2. The van der Waals surface area contributed by atoms with Crippen LogP contribution in [-0.2, 0) is 17.6 Å². The van der Waals surface area contributed by atoms with E-state index in [1.807, 2.05) is 12.1 Å². The van der Waals surface area contributed by atoms with Crippen LogP contribution in [0.1, 0.15) is 23.6 Å². The van der Waals surface area contributed by atoms with Crippen LogP contribution in [0.3, 0.4) is 0 Å². The molecule has 2 aromatic carbocycles. The molecular weight excluding hydrogens is 402 g/mol. The van der Waals surface area contributed by atoms with E-state index >= 15 is 0 Å². The van der Waals surface area contributed by atoms with Gasteiger partial charge in [-0.05, 0) is 42.2 Å². The van der Waals surface area contributed by atoms with E-state index in [9.17, 15) is 4.79 Å². The maximum Gasteiger partial charge on any atom is 0.234 e. The Hall–Kier alpha value is -2.89. The molecule has 0 aliphatic carbocycles. The van der Waals surface area contributed by atoms with Crippen LogP contribution in [-0.4, -0.2) is 21.9 Å². The van der Waals surface area contributed by atoms with Gasteiger partial charge in [-0.2, -0.15) is 5.26 Å². The fourth-order valence-corrected chi connectivity index (χ4v) is 4.31. The first-order chi connectivity index (χ1) is 14.1. The average molecular weight is 424 g/mol. The highest BCUT2D eigenvalue weighted by Gasteiger charge is 2.11. The van der Waals surface area contributed by atoms with Crippen molar-refractivity contribution in [2.45, 2.75) is 31.0 Å². The van der Waals surface area contributed by atoms with Gasteiger partial charge in [0.05, 0.1) is 18.2 Å². The molecule has 2 N–H and O–H groups in total. The summed E-state index contributed by atoms with van der Waals surface area (Å²) < 4.78 is 0.735. The number of nitrogens with zero attached hydrogens (tertiary/aromatic N) is 3. The summed E-state index contributed by atoms with van der Waals surface area (Å²) in [5, 5.41) is 24.0. The Kier molecular flexibility index (Phi) is 7.22. The zero-order valence-electron chi connectivity index (χ0n) is 16.2. The largest absolute Gasteiger partial charge is 0.330 e. The molecule has 1 heterocycles. The maximum atomic E-state index is 12.2. The number of anilines is 3. The first-order valence-corrected chi connectivity index (χ1v) is 11.0. The molecule has 8 heteroatoms. The molecule has 1 amide bonds. The highest BCUT2D eigenvalue weighted by Crippen LogP contribution is 2.30. The molecule has 0 fully saturated rings. The highest BCUT2D eigenvalue weighted by molar-refractivity contribution is 8.01. The summed E-state index contributed by atoms with van der Waals surface area (Å²) in [5.41, 5.74) is 5.10. The van der Waals surface area contributed by atoms with Gasteiger partial charge in [0, 0.05) is 11.4 Å². The van der Waals surface area contributed by atoms with Crippen molar-refractivity contribution in [2.75, 3.05) is 16.4 Å². The lowest BCUT2D eigenvalue weighted by Gasteiger charge is -2.11. The van der Waals surface area contributed by atoms with Crippen molar-refractivity contribution in [1.82, 2.24) is 10.2 Å². The van der Waals surface area contributed by atoms with E-state index in [1.165, 1.54) is 28.7 Å². The summed E-state index contributed by atoms with van der Waals surface area (Å²) in [6, 6.07) is 15.6. The minimum Gasteiger partial charge on any atom is -0.330 e. The van der Waals surface area contributed by atoms with Crippen molar-refractivity contribution in [3.05, 3.63) is 59.2 Å². The van der Waals surface area contributed by atoms with Crippen molar-refractivity contribution in [3.63, 3.8) is 0 Å². The average Bonchev–Trinajstić information content (AvgIpc) is 3.17. The third-order valence-electron chi connectivity index (χ3n) is 4.23. The van der Waals surface area contributed by atoms with E-state index in [0.29, 0.717) is 17.2 Å². The van der Waals surface area contributed by atoms with Crippen LogP contribution in [0.5, 0.6) is 0 Å². The van der Waals surface area contributed by atoms with Crippen LogP contribution in [0.4, 0.5) is 16.5 Å². The standard InChI is InChI=1S/C21H21N5OS2/c1-3-16-6-4-5-14(2)19(16)24-20-25-26-21(29-20)28-13-18(27)23-17-9-7-15(8-10-17)11-12-22/h4-10H,3,11,13H2,1-2H3,(H,23,27)(H,24,25). The van der Waals surface area contributed by atoms with Gasteiger partial charge in [0.1, 0.15) is 0 Å². The number of para-hydroxylation sites is 1. The quantitative estimate of drug-likeness (QED) is 0.498. The molecule has 1 aromatic heterocycles. The Labute approximate surface area is 178 Å². The number of hydrogen-bond acceptors (Lipinski definition) is 7. The van der Waals surface area contributed by atoms with Gasteiger partial charge in [0.15, 0.2) is 4.34 Å². The number of carbonyl (C=O) groups is 1. The number of aromatic nitrogens is 2. The van der Waals surface area contributed by atoms with Crippen molar-refractivity contribution >= 4 is 45.5 Å². The van der Waals surface area contributed by atoms with Crippen molar-refractivity contribution in [3.8, 4) is 6.07 Å². The van der Waals surface area contributed by atoms with E-state index < -0.39 is 0 Å².